The Hall–Kier alpha value is -3.67. The lowest BCUT2D eigenvalue weighted by atomic mass is 10.0. The maximum Gasteiger partial charge on any atom is 0.306 e. The van der Waals surface area contributed by atoms with E-state index in [1.54, 1.807) is 0 Å². The van der Waals surface area contributed by atoms with Crippen molar-refractivity contribution >= 4 is 17.9 Å². The number of hydrogen-bond acceptors (Lipinski definition) is 6. The van der Waals surface area contributed by atoms with Crippen LogP contribution in [0.1, 0.15) is 316 Å². The zero-order valence-corrected chi connectivity index (χ0v) is 50.7. The minimum Gasteiger partial charge on any atom is -0.462 e. The number of hydrogen-bond donors (Lipinski definition) is 0. The van der Waals surface area contributed by atoms with Gasteiger partial charge in [-0.1, -0.05) is 279 Å². The lowest BCUT2D eigenvalue weighted by Crippen LogP contribution is -2.30. The van der Waals surface area contributed by atoms with Gasteiger partial charge in [0.05, 0.1) is 0 Å². The fourth-order valence-electron chi connectivity index (χ4n) is 9.13. The third-order valence-corrected chi connectivity index (χ3v) is 14.0. The van der Waals surface area contributed by atoms with Crippen LogP contribution >= 0.6 is 0 Å². The Balaban J connectivity index is 4.23. The van der Waals surface area contributed by atoms with Crippen LogP contribution in [0.15, 0.2) is 97.2 Å². The van der Waals surface area contributed by atoms with E-state index in [1.165, 1.54) is 173 Å². The topological polar surface area (TPSA) is 78.9 Å². The molecule has 0 radical (unpaired) electrons. The molecule has 0 bridgehead atoms. The molecule has 77 heavy (non-hydrogen) atoms. The Morgan fingerprint density at radius 2 is 0.519 bits per heavy atom. The number of allylic oxidation sites excluding steroid dienone is 16. The second-order valence-electron chi connectivity index (χ2n) is 21.6. The Morgan fingerprint density at radius 1 is 0.273 bits per heavy atom. The number of ether oxygens (including phenoxy) is 3. The van der Waals surface area contributed by atoms with Gasteiger partial charge in [-0.15, -0.1) is 0 Å². The highest BCUT2D eigenvalue weighted by molar-refractivity contribution is 5.71. The molecule has 0 amide bonds. The second-order valence-corrected chi connectivity index (χ2v) is 21.6. The normalized spacial score (nSPS) is 12.7. The van der Waals surface area contributed by atoms with Crippen molar-refractivity contribution in [3.63, 3.8) is 0 Å². The monoisotopic (exact) mass is 1070 g/mol. The number of carbonyl (C=O) groups excluding carboxylic acids is 3. The van der Waals surface area contributed by atoms with E-state index in [9.17, 15) is 14.4 Å². The van der Waals surface area contributed by atoms with Gasteiger partial charge in [0.2, 0.25) is 0 Å². The van der Waals surface area contributed by atoms with Crippen molar-refractivity contribution in [1.82, 2.24) is 0 Å². The third kappa shape index (κ3) is 63.0. The van der Waals surface area contributed by atoms with E-state index >= 15 is 0 Å². The van der Waals surface area contributed by atoms with Gasteiger partial charge in [-0.2, -0.15) is 0 Å². The van der Waals surface area contributed by atoms with Crippen molar-refractivity contribution in [2.45, 2.75) is 322 Å². The van der Waals surface area contributed by atoms with E-state index in [0.29, 0.717) is 19.3 Å². The Bertz CT molecular complexity index is 1510. The molecule has 0 aliphatic rings. The van der Waals surface area contributed by atoms with Gasteiger partial charge in [0.1, 0.15) is 13.2 Å². The van der Waals surface area contributed by atoms with Crippen molar-refractivity contribution in [2.24, 2.45) is 0 Å². The molecular formula is C71H122O6. The van der Waals surface area contributed by atoms with Gasteiger partial charge in [-0.25, -0.2) is 0 Å². The van der Waals surface area contributed by atoms with Gasteiger partial charge >= 0.3 is 17.9 Å². The first-order valence-electron chi connectivity index (χ1n) is 32.7. The molecule has 1 atom stereocenters. The van der Waals surface area contributed by atoms with Crippen LogP contribution in [0.25, 0.3) is 0 Å². The molecule has 0 heterocycles. The lowest BCUT2D eigenvalue weighted by Gasteiger charge is -2.18. The molecule has 0 aromatic carbocycles. The summed E-state index contributed by atoms with van der Waals surface area (Å²) in [5.74, 6) is -0.886. The molecule has 6 heteroatoms. The number of unbranched alkanes of at least 4 members (excludes halogenated alkanes) is 32. The van der Waals surface area contributed by atoms with E-state index in [0.717, 1.165) is 103 Å². The van der Waals surface area contributed by atoms with E-state index in [2.05, 4.69) is 118 Å². The van der Waals surface area contributed by atoms with Gasteiger partial charge in [-0.05, 0) is 116 Å². The van der Waals surface area contributed by atoms with Gasteiger partial charge in [-0.3, -0.25) is 14.4 Å². The molecule has 0 spiro atoms. The number of carbonyl (C=O) groups is 3. The smallest absolute Gasteiger partial charge is 0.306 e. The van der Waals surface area contributed by atoms with E-state index < -0.39 is 6.10 Å². The highest BCUT2D eigenvalue weighted by Gasteiger charge is 2.19. The summed E-state index contributed by atoms with van der Waals surface area (Å²) in [5.41, 5.74) is 0. The standard InChI is InChI=1S/C71H122O6/c1-4-7-10-13-16-19-22-24-26-28-30-31-32-33-34-35-36-37-38-39-41-42-44-46-49-52-55-58-61-64-70(73)76-67-68(66-75-69(72)63-60-57-54-51-48-21-18-15-12-9-6-3)77-71(74)65-62-59-56-53-50-47-45-43-40-29-27-25-23-20-17-14-11-8-5-2/h7,10,15-20,24-27,30-31,33-34,68H,4-6,8-9,11-14,21-23,28-29,32,35-67H2,1-3H3/b10-7-,18-15-,19-16-,20-17-,26-24-,27-25-,31-30-,34-33-. The fraction of sp³-hybridized carbons (Fsp3) is 0.732. The lowest BCUT2D eigenvalue weighted by molar-refractivity contribution is -0.167. The van der Waals surface area contributed by atoms with Crippen molar-refractivity contribution in [3.05, 3.63) is 97.2 Å². The SMILES string of the molecule is CC/C=C\C/C=C\C/C=C\C/C=C\C/C=C\CCCCCCCCCCCCCCCC(=O)OCC(COC(=O)CCCCCCC/C=C\CCCC)OC(=O)CCCCCCCCCCC/C=C\C/C=C\CCCCC. The summed E-state index contributed by atoms with van der Waals surface area (Å²) < 4.78 is 16.9. The summed E-state index contributed by atoms with van der Waals surface area (Å²) in [5, 5.41) is 0. The molecule has 6 nitrogen and oxygen atoms in total. The van der Waals surface area contributed by atoms with E-state index in [4.69, 9.17) is 14.2 Å². The Morgan fingerprint density at radius 3 is 0.844 bits per heavy atom. The maximum absolute atomic E-state index is 12.9. The molecule has 0 rings (SSSR count). The van der Waals surface area contributed by atoms with Crippen LogP contribution in [0.4, 0.5) is 0 Å². The van der Waals surface area contributed by atoms with E-state index in [1.807, 2.05) is 0 Å². The highest BCUT2D eigenvalue weighted by atomic mass is 16.6. The second kappa shape index (κ2) is 64.9. The molecular weight excluding hydrogens is 949 g/mol. The Labute approximate surface area is 477 Å². The van der Waals surface area contributed by atoms with E-state index in [-0.39, 0.29) is 31.1 Å². The molecule has 0 saturated heterocycles. The molecule has 0 aromatic rings. The van der Waals surface area contributed by atoms with Crippen molar-refractivity contribution in [3.8, 4) is 0 Å². The summed E-state index contributed by atoms with van der Waals surface area (Å²) in [4.78, 5) is 38.3. The fourth-order valence-corrected chi connectivity index (χ4v) is 9.13. The summed E-state index contributed by atoms with van der Waals surface area (Å²) in [6.45, 7) is 6.48. The average molecular weight is 1070 g/mol. The summed E-state index contributed by atoms with van der Waals surface area (Å²) in [6.07, 6.45) is 87.1. The summed E-state index contributed by atoms with van der Waals surface area (Å²) >= 11 is 0. The largest absolute Gasteiger partial charge is 0.462 e. The minimum absolute atomic E-state index is 0.0807. The van der Waals surface area contributed by atoms with Crippen LogP contribution in [0.2, 0.25) is 0 Å². The zero-order valence-electron chi connectivity index (χ0n) is 50.7. The van der Waals surface area contributed by atoms with Crippen LogP contribution < -0.4 is 0 Å². The maximum atomic E-state index is 12.9. The van der Waals surface area contributed by atoms with Crippen molar-refractivity contribution in [2.75, 3.05) is 13.2 Å². The highest BCUT2D eigenvalue weighted by Crippen LogP contribution is 2.16. The van der Waals surface area contributed by atoms with Crippen LogP contribution in [0.3, 0.4) is 0 Å². The first-order valence-corrected chi connectivity index (χ1v) is 32.7. The molecule has 0 N–H and O–H groups in total. The number of esters is 3. The minimum atomic E-state index is -0.784. The molecule has 0 fully saturated rings. The quantitative estimate of drug-likeness (QED) is 0.0261. The first-order chi connectivity index (χ1) is 38.0. The number of rotatable bonds is 59. The summed E-state index contributed by atoms with van der Waals surface area (Å²) in [7, 11) is 0. The van der Waals surface area contributed by atoms with Gasteiger partial charge in [0.25, 0.3) is 0 Å². The van der Waals surface area contributed by atoms with Crippen LogP contribution in [0, 0.1) is 0 Å². The third-order valence-electron chi connectivity index (χ3n) is 14.0. The molecule has 442 valence electrons. The van der Waals surface area contributed by atoms with Crippen LogP contribution in [-0.4, -0.2) is 37.2 Å². The molecule has 0 saturated carbocycles. The Kier molecular flexibility index (Phi) is 61.8. The molecule has 0 aromatic heterocycles. The molecule has 0 aliphatic heterocycles. The van der Waals surface area contributed by atoms with Crippen molar-refractivity contribution < 1.29 is 28.6 Å². The first kappa shape index (κ1) is 73.3. The molecule has 1 unspecified atom stereocenters. The van der Waals surface area contributed by atoms with Crippen molar-refractivity contribution in [1.29, 1.82) is 0 Å². The van der Waals surface area contributed by atoms with Crippen LogP contribution in [-0.2, 0) is 28.6 Å². The zero-order chi connectivity index (χ0) is 55.7. The molecule has 0 aliphatic carbocycles. The average Bonchev–Trinajstić information content (AvgIpc) is 3.43. The predicted molar refractivity (Wildman–Crippen MR) is 334 cm³/mol. The summed E-state index contributed by atoms with van der Waals surface area (Å²) in [6, 6.07) is 0. The van der Waals surface area contributed by atoms with Gasteiger partial charge < -0.3 is 14.2 Å². The van der Waals surface area contributed by atoms with Gasteiger partial charge in [0.15, 0.2) is 6.10 Å². The predicted octanol–water partition coefficient (Wildman–Crippen LogP) is 22.4. The van der Waals surface area contributed by atoms with Crippen LogP contribution in [0.5, 0.6) is 0 Å². The van der Waals surface area contributed by atoms with Gasteiger partial charge in [0, 0.05) is 19.3 Å².